The predicted octanol–water partition coefficient (Wildman–Crippen LogP) is 2.00. The van der Waals surface area contributed by atoms with Gasteiger partial charge < -0.3 is 5.11 Å². The van der Waals surface area contributed by atoms with Crippen molar-refractivity contribution in [2.75, 3.05) is 5.75 Å². The smallest absolute Gasteiger partial charge is 0.313 e. The van der Waals surface area contributed by atoms with Crippen LogP contribution in [0.4, 0.5) is 0 Å². The van der Waals surface area contributed by atoms with Crippen LogP contribution in [-0.2, 0) is 4.79 Å². The summed E-state index contributed by atoms with van der Waals surface area (Å²) in [5.74, 6) is -0.978. The van der Waals surface area contributed by atoms with Crippen LogP contribution in [-0.4, -0.2) is 16.8 Å². The van der Waals surface area contributed by atoms with E-state index in [-0.39, 0.29) is 15.5 Å². The lowest BCUT2D eigenvalue weighted by atomic mass is 10.8. The molecule has 0 aliphatic heterocycles. The average Bonchev–Trinajstić information content (AvgIpc) is 2.30. The van der Waals surface area contributed by atoms with E-state index in [1.165, 1.54) is 10.3 Å². The van der Waals surface area contributed by atoms with Crippen molar-refractivity contribution in [2.24, 2.45) is 0 Å². The van der Waals surface area contributed by atoms with Crippen LogP contribution in [0.5, 0.6) is 0 Å². The van der Waals surface area contributed by atoms with Crippen molar-refractivity contribution in [2.45, 2.75) is 4.21 Å². The van der Waals surface area contributed by atoms with E-state index in [4.69, 9.17) is 16.7 Å². The molecule has 0 aliphatic rings. The lowest BCUT2D eigenvalue weighted by Gasteiger charge is -1.91. The summed E-state index contributed by atoms with van der Waals surface area (Å²) < 4.78 is 0.392. The van der Waals surface area contributed by atoms with E-state index >= 15 is 0 Å². The Morgan fingerprint density at radius 3 is 2.67 bits per heavy atom. The average molecular weight is 243 g/mol. The van der Waals surface area contributed by atoms with Crippen LogP contribution >= 0.6 is 44.0 Å². The van der Waals surface area contributed by atoms with Crippen LogP contribution in [0.15, 0.2) is 9.00 Å². The van der Waals surface area contributed by atoms with Gasteiger partial charge in [0.05, 0.1) is 9.96 Å². The molecule has 0 radical (unpaired) electrons. The molecule has 0 atom stereocenters. The minimum Gasteiger partial charge on any atom is -0.481 e. The molecule has 0 unspecified atom stereocenters. The monoisotopic (exact) mass is 242 g/mol. The third kappa shape index (κ3) is 2.48. The molecule has 1 N–H and O–H groups in total. The van der Waals surface area contributed by atoms with Gasteiger partial charge in [-0.05, 0) is 10.3 Å². The maximum Gasteiger partial charge on any atom is 0.313 e. The zero-order chi connectivity index (χ0) is 9.14. The number of carbonyl (C=O) groups is 1. The quantitative estimate of drug-likeness (QED) is 0.651. The topological polar surface area (TPSA) is 54.4 Å². The molecule has 1 aromatic rings. The molecule has 1 rings (SSSR count). The van der Waals surface area contributed by atoms with Crippen molar-refractivity contribution >= 4 is 50.0 Å². The molecule has 3 nitrogen and oxygen atoms in total. The van der Waals surface area contributed by atoms with Gasteiger partial charge in [0.2, 0.25) is 0 Å². The molecule has 0 aliphatic carbocycles. The van der Waals surface area contributed by atoms with Crippen LogP contribution in [0.2, 0.25) is 5.02 Å². The largest absolute Gasteiger partial charge is 0.481 e. The Labute approximate surface area is 84.4 Å². The summed E-state index contributed by atoms with van der Waals surface area (Å²) in [7, 11) is 2.24. The van der Waals surface area contributed by atoms with Gasteiger partial charge >= 0.3 is 5.97 Å². The van der Waals surface area contributed by atoms with Gasteiger partial charge in [0.15, 0.2) is 0 Å². The molecule has 1 aromatic heterocycles. The van der Waals surface area contributed by atoms with E-state index in [1.807, 2.05) is 0 Å². The Kier molecular flexibility index (Phi) is 3.57. The van der Waals surface area contributed by atoms with Crippen LogP contribution in [0.1, 0.15) is 0 Å². The fraction of sp³-hybridized carbons (Fsp3) is 0.200. The third-order valence-electron chi connectivity index (χ3n) is 0.878. The Morgan fingerprint density at radius 2 is 2.25 bits per heavy atom. The van der Waals surface area contributed by atoms with E-state index in [0.717, 1.165) is 22.1 Å². The summed E-state index contributed by atoms with van der Waals surface area (Å²) in [6.07, 6.45) is 0. The Bertz CT molecular complexity index is 342. The summed E-state index contributed by atoms with van der Waals surface area (Å²) in [4.78, 5) is 21.0. The highest BCUT2D eigenvalue weighted by atomic mass is 35.5. The third-order valence-corrected chi connectivity index (χ3v) is 5.35. The van der Waals surface area contributed by atoms with Crippen LogP contribution in [0.25, 0.3) is 0 Å². The molecule has 0 spiro atoms. The fourth-order valence-electron chi connectivity index (χ4n) is 0.447. The molecule has 1 heterocycles. The van der Waals surface area contributed by atoms with Gasteiger partial charge in [-0.2, -0.15) is 0 Å². The van der Waals surface area contributed by atoms with Gasteiger partial charge in [-0.3, -0.25) is 9.59 Å². The van der Waals surface area contributed by atoms with Gasteiger partial charge in [0.25, 0.3) is 4.74 Å². The molecule has 0 saturated carbocycles. The number of carboxylic acids is 1. The number of thioether (sulfide) groups is 1. The fourth-order valence-corrected chi connectivity index (χ4v) is 4.27. The minimum absolute atomic E-state index is 0.0631. The second kappa shape index (κ2) is 4.27. The number of halogens is 1. The van der Waals surface area contributed by atoms with E-state index in [0.29, 0.717) is 4.21 Å². The molecule has 0 amide bonds. The Balaban J connectivity index is 2.70. The van der Waals surface area contributed by atoms with E-state index < -0.39 is 5.97 Å². The number of aliphatic carboxylic acids is 1. The summed E-state index contributed by atoms with van der Waals surface area (Å²) in [5, 5.41) is 8.49. The summed E-state index contributed by atoms with van der Waals surface area (Å²) in [6, 6.07) is 0. The number of hydrogen-bond donors (Lipinski definition) is 1. The van der Waals surface area contributed by atoms with Gasteiger partial charge in [-0.25, -0.2) is 0 Å². The molecule has 12 heavy (non-hydrogen) atoms. The van der Waals surface area contributed by atoms with E-state index in [9.17, 15) is 9.59 Å². The molecule has 0 fully saturated rings. The van der Waals surface area contributed by atoms with Crippen molar-refractivity contribution in [1.29, 1.82) is 0 Å². The molecular formula is C5H3ClO3S3. The molecular weight excluding hydrogens is 240 g/mol. The minimum atomic E-state index is -0.915. The van der Waals surface area contributed by atoms with E-state index in [1.54, 1.807) is 0 Å². The molecule has 0 saturated heterocycles. The van der Waals surface area contributed by atoms with Crippen LogP contribution < -0.4 is 4.74 Å². The van der Waals surface area contributed by atoms with Gasteiger partial charge in [-0.15, -0.1) is 11.8 Å². The maximum absolute atomic E-state index is 10.8. The zero-order valence-electron chi connectivity index (χ0n) is 5.57. The van der Waals surface area contributed by atoms with Crippen molar-refractivity contribution in [3.05, 3.63) is 14.6 Å². The van der Waals surface area contributed by atoms with Gasteiger partial charge in [-0.1, -0.05) is 21.9 Å². The van der Waals surface area contributed by atoms with Gasteiger partial charge in [0, 0.05) is 0 Å². The predicted molar refractivity (Wildman–Crippen MR) is 51.8 cm³/mol. The molecule has 66 valence electrons. The van der Waals surface area contributed by atoms with Crippen LogP contribution in [0.3, 0.4) is 0 Å². The Hall–Kier alpha value is -0.0400. The van der Waals surface area contributed by atoms with E-state index in [2.05, 4.69) is 0 Å². The summed E-state index contributed by atoms with van der Waals surface area (Å²) >= 11 is 6.66. The second-order valence-electron chi connectivity index (χ2n) is 1.74. The lowest BCUT2D eigenvalue weighted by molar-refractivity contribution is -0.133. The van der Waals surface area contributed by atoms with Gasteiger partial charge in [0.1, 0.15) is 5.02 Å². The van der Waals surface area contributed by atoms with Crippen molar-refractivity contribution in [1.82, 2.24) is 0 Å². The number of carboxylic acid groups (broad SMARTS) is 1. The van der Waals surface area contributed by atoms with Crippen molar-refractivity contribution in [3.63, 3.8) is 0 Å². The first-order valence-electron chi connectivity index (χ1n) is 2.74. The lowest BCUT2D eigenvalue weighted by Crippen LogP contribution is -1.97. The van der Waals surface area contributed by atoms with Crippen molar-refractivity contribution in [3.8, 4) is 0 Å². The van der Waals surface area contributed by atoms with Crippen molar-refractivity contribution < 1.29 is 9.90 Å². The first-order valence-corrected chi connectivity index (χ1v) is 6.26. The first-order chi connectivity index (χ1) is 5.61. The zero-order valence-corrected chi connectivity index (χ0v) is 8.78. The summed E-state index contributed by atoms with van der Waals surface area (Å²) in [6.45, 7) is 0. The van der Waals surface area contributed by atoms with Crippen LogP contribution in [0, 0.1) is 0 Å². The summed E-state index contributed by atoms with van der Waals surface area (Å²) in [5.41, 5.74) is 0. The molecule has 7 heteroatoms. The normalized spacial score (nSPS) is 10.1. The highest BCUT2D eigenvalue weighted by Gasteiger charge is 2.09. The first kappa shape index (κ1) is 10.0. The molecule has 0 bridgehead atoms. The standard InChI is InChI=1S/C5H3ClO3S3/c6-3-4(9)11-12-5(3)10-1-2(7)8/h1H2,(H,7,8). The Morgan fingerprint density at radius 1 is 1.58 bits per heavy atom. The maximum atomic E-state index is 10.8. The highest BCUT2D eigenvalue weighted by Crippen LogP contribution is 2.31. The second-order valence-corrected chi connectivity index (χ2v) is 5.47. The SMILES string of the molecule is O=C(O)CSc1ssc(=O)c1Cl. The molecule has 0 aromatic carbocycles. The highest BCUT2D eigenvalue weighted by molar-refractivity contribution is 8.03. The number of rotatable bonds is 3. The number of hydrogen-bond acceptors (Lipinski definition) is 5.